The quantitative estimate of drug-likeness (QED) is 0.656. The highest BCUT2D eigenvalue weighted by molar-refractivity contribution is 8.13. The highest BCUT2D eigenvalue weighted by Gasteiger charge is 2.13. The maximum Gasteiger partial charge on any atom is 0.263 e. The first-order chi connectivity index (χ1) is 6.59. The van der Waals surface area contributed by atoms with E-state index in [2.05, 4.69) is 4.99 Å². The third kappa shape index (κ3) is 1.67. The van der Waals surface area contributed by atoms with Crippen LogP contribution in [0.2, 0.25) is 0 Å². The van der Waals surface area contributed by atoms with Crippen molar-refractivity contribution in [2.24, 2.45) is 4.99 Å². The van der Waals surface area contributed by atoms with Gasteiger partial charge in [-0.1, -0.05) is 18.2 Å². The van der Waals surface area contributed by atoms with E-state index in [1.807, 2.05) is 12.1 Å². The van der Waals surface area contributed by atoms with E-state index < -0.39 is 9.05 Å². The molecule has 0 fully saturated rings. The molecule has 0 amide bonds. The first-order valence-corrected chi connectivity index (χ1v) is 6.48. The summed E-state index contributed by atoms with van der Waals surface area (Å²) in [7, 11) is 1.61. The SMILES string of the molecule is O=S(=O)(Cl)c1cccc2c1=NCCC=2. The van der Waals surface area contributed by atoms with E-state index in [-0.39, 0.29) is 4.90 Å². The van der Waals surface area contributed by atoms with Crippen LogP contribution in [0.25, 0.3) is 6.08 Å². The van der Waals surface area contributed by atoms with Crippen LogP contribution in [0.4, 0.5) is 0 Å². The molecule has 1 heterocycles. The fourth-order valence-corrected chi connectivity index (χ4v) is 2.49. The summed E-state index contributed by atoms with van der Waals surface area (Å²) in [6.45, 7) is 0.621. The van der Waals surface area contributed by atoms with Crippen LogP contribution in [0.3, 0.4) is 0 Å². The minimum Gasteiger partial charge on any atom is -0.283 e. The third-order valence-corrected chi connectivity index (χ3v) is 3.41. The molecule has 1 aromatic carbocycles. The van der Waals surface area contributed by atoms with Crippen LogP contribution >= 0.6 is 10.7 Å². The Morgan fingerprint density at radius 1 is 1.36 bits per heavy atom. The summed E-state index contributed by atoms with van der Waals surface area (Å²) in [5.41, 5.74) is 0. The molecule has 2 rings (SSSR count). The number of halogens is 1. The number of para-hydroxylation sites is 1. The molecule has 0 radical (unpaired) electrons. The van der Waals surface area contributed by atoms with Gasteiger partial charge in [-0.25, -0.2) is 8.42 Å². The zero-order valence-corrected chi connectivity index (χ0v) is 8.85. The van der Waals surface area contributed by atoms with Crippen molar-refractivity contribution in [1.82, 2.24) is 0 Å². The molecule has 0 aromatic heterocycles. The van der Waals surface area contributed by atoms with Crippen LogP contribution in [0.15, 0.2) is 28.1 Å². The lowest BCUT2D eigenvalue weighted by atomic mass is 10.2. The zero-order chi connectivity index (χ0) is 10.2. The second kappa shape index (κ2) is 3.37. The van der Waals surface area contributed by atoms with Crippen molar-refractivity contribution in [2.75, 3.05) is 6.54 Å². The standard InChI is InChI=1S/C9H8ClNO2S/c10-14(12,13)8-5-1-3-7-4-2-6-11-9(7)8/h1,3-5H,2,6H2. The zero-order valence-electron chi connectivity index (χ0n) is 7.27. The highest BCUT2D eigenvalue weighted by atomic mass is 35.7. The van der Waals surface area contributed by atoms with Crippen molar-refractivity contribution in [2.45, 2.75) is 11.3 Å². The molecule has 1 aliphatic heterocycles. The predicted octanol–water partition coefficient (Wildman–Crippen LogP) is 0.418. The van der Waals surface area contributed by atoms with Crippen molar-refractivity contribution >= 4 is 25.8 Å². The Kier molecular flexibility index (Phi) is 2.33. The van der Waals surface area contributed by atoms with Gasteiger partial charge in [-0.05, 0) is 17.7 Å². The molecule has 0 aliphatic carbocycles. The molecule has 0 saturated carbocycles. The van der Waals surface area contributed by atoms with Gasteiger partial charge in [0.1, 0.15) is 4.90 Å². The number of hydrogen-bond donors (Lipinski definition) is 0. The van der Waals surface area contributed by atoms with Crippen molar-refractivity contribution in [3.63, 3.8) is 0 Å². The van der Waals surface area contributed by atoms with Crippen molar-refractivity contribution in [1.29, 1.82) is 0 Å². The summed E-state index contributed by atoms with van der Waals surface area (Å²) >= 11 is 0. The molecule has 74 valence electrons. The summed E-state index contributed by atoms with van der Waals surface area (Å²) in [6, 6.07) is 4.98. The van der Waals surface area contributed by atoms with Crippen molar-refractivity contribution < 1.29 is 8.42 Å². The van der Waals surface area contributed by atoms with Gasteiger partial charge in [0.15, 0.2) is 0 Å². The summed E-state index contributed by atoms with van der Waals surface area (Å²) in [5.74, 6) is 0. The third-order valence-electron chi connectivity index (χ3n) is 2.06. The van der Waals surface area contributed by atoms with Crippen LogP contribution in [-0.4, -0.2) is 15.0 Å². The molecule has 0 atom stereocenters. The monoisotopic (exact) mass is 229 g/mol. The topological polar surface area (TPSA) is 46.5 Å². The van der Waals surface area contributed by atoms with E-state index >= 15 is 0 Å². The van der Waals surface area contributed by atoms with Gasteiger partial charge in [0.2, 0.25) is 0 Å². The number of hydrogen-bond acceptors (Lipinski definition) is 3. The molecule has 0 unspecified atom stereocenters. The smallest absolute Gasteiger partial charge is 0.263 e. The Hall–Kier alpha value is -0.870. The minimum absolute atomic E-state index is 0.104. The van der Waals surface area contributed by atoms with Gasteiger partial charge in [-0.3, -0.25) is 4.99 Å². The van der Waals surface area contributed by atoms with E-state index in [1.165, 1.54) is 6.07 Å². The second-order valence-electron chi connectivity index (χ2n) is 3.01. The Morgan fingerprint density at radius 3 is 2.86 bits per heavy atom. The Balaban J connectivity index is 2.90. The maximum absolute atomic E-state index is 11.2. The van der Waals surface area contributed by atoms with E-state index in [0.29, 0.717) is 11.9 Å². The summed E-state index contributed by atoms with van der Waals surface area (Å²) in [4.78, 5) is 4.27. The number of rotatable bonds is 1. The molecule has 1 aliphatic rings. The van der Waals surface area contributed by atoms with Crippen LogP contribution < -0.4 is 10.6 Å². The average Bonchev–Trinajstić information content (AvgIpc) is 2.15. The Morgan fingerprint density at radius 2 is 2.14 bits per heavy atom. The van der Waals surface area contributed by atoms with E-state index in [1.54, 1.807) is 6.07 Å². The molecule has 0 spiro atoms. The van der Waals surface area contributed by atoms with Gasteiger partial charge in [0.05, 0.1) is 5.36 Å². The molecular formula is C9H8ClNO2S. The maximum atomic E-state index is 11.2. The Bertz CT molecular complexity index is 577. The molecule has 0 bridgehead atoms. The molecule has 1 aromatic rings. The molecule has 3 nitrogen and oxygen atoms in total. The largest absolute Gasteiger partial charge is 0.283 e. The summed E-state index contributed by atoms with van der Waals surface area (Å²) in [6.07, 6.45) is 2.81. The lowest BCUT2D eigenvalue weighted by Gasteiger charge is -2.02. The number of benzene rings is 1. The van der Waals surface area contributed by atoms with Crippen LogP contribution in [-0.2, 0) is 9.05 Å². The van der Waals surface area contributed by atoms with E-state index in [9.17, 15) is 8.42 Å². The molecule has 14 heavy (non-hydrogen) atoms. The minimum atomic E-state index is -3.69. The van der Waals surface area contributed by atoms with E-state index in [4.69, 9.17) is 10.7 Å². The van der Waals surface area contributed by atoms with Crippen molar-refractivity contribution in [3.8, 4) is 0 Å². The molecular weight excluding hydrogens is 222 g/mol. The lowest BCUT2D eigenvalue weighted by Crippen LogP contribution is -2.32. The molecule has 0 saturated heterocycles. The normalized spacial score (nSPS) is 15.2. The van der Waals surface area contributed by atoms with Gasteiger partial charge in [0, 0.05) is 17.2 Å². The first kappa shape index (κ1) is 9.68. The fraction of sp³-hybridized carbons (Fsp3) is 0.222. The number of nitrogens with zero attached hydrogens (tertiary/aromatic N) is 1. The summed E-state index contributed by atoms with van der Waals surface area (Å²) < 4.78 is 22.4. The highest BCUT2D eigenvalue weighted by Crippen LogP contribution is 2.08. The van der Waals surface area contributed by atoms with Crippen molar-refractivity contribution in [3.05, 3.63) is 28.8 Å². The Labute approximate surface area is 86.2 Å². The first-order valence-electron chi connectivity index (χ1n) is 4.17. The number of fused-ring (bicyclic) bond motifs is 1. The van der Waals surface area contributed by atoms with E-state index in [0.717, 1.165) is 11.6 Å². The summed E-state index contributed by atoms with van der Waals surface area (Å²) in [5, 5.41) is 1.34. The second-order valence-corrected chi connectivity index (χ2v) is 5.54. The van der Waals surface area contributed by atoms with Gasteiger partial charge >= 0.3 is 0 Å². The predicted molar refractivity (Wildman–Crippen MR) is 54.2 cm³/mol. The van der Waals surface area contributed by atoms with Gasteiger partial charge < -0.3 is 0 Å². The van der Waals surface area contributed by atoms with Crippen LogP contribution in [0, 0.1) is 0 Å². The molecule has 0 N–H and O–H groups in total. The van der Waals surface area contributed by atoms with Gasteiger partial charge in [-0.2, -0.15) is 0 Å². The molecule has 5 heteroatoms. The average molecular weight is 230 g/mol. The van der Waals surface area contributed by atoms with Crippen LogP contribution in [0.5, 0.6) is 0 Å². The van der Waals surface area contributed by atoms with Gasteiger partial charge in [0.25, 0.3) is 9.05 Å². The van der Waals surface area contributed by atoms with Gasteiger partial charge in [-0.15, -0.1) is 0 Å². The lowest BCUT2D eigenvalue weighted by molar-refractivity contribution is 0.608. The van der Waals surface area contributed by atoms with Crippen LogP contribution in [0.1, 0.15) is 6.42 Å². The fourth-order valence-electron chi connectivity index (χ4n) is 1.47.